The van der Waals surface area contributed by atoms with Gasteiger partial charge in [0.05, 0.1) is 5.41 Å². The fraction of sp³-hybridized carbons (Fsp3) is 0.333. The number of benzene rings is 2. The smallest absolute Gasteiger partial charge is 0.407 e. The number of rotatable bonds is 5. The van der Waals surface area contributed by atoms with Crippen molar-refractivity contribution >= 4 is 17.7 Å². The van der Waals surface area contributed by atoms with Crippen LogP contribution in [0, 0.1) is 5.41 Å². The van der Waals surface area contributed by atoms with Gasteiger partial charge in [0.25, 0.3) is 0 Å². The number of nitrogens with one attached hydrogen (secondary N) is 1. The summed E-state index contributed by atoms with van der Waals surface area (Å²) in [5.41, 5.74) is 3.75. The quantitative estimate of drug-likeness (QED) is 0.845. The van der Waals surface area contributed by atoms with Crippen LogP contribution in [0.25, 0.3) is 11.1 Å². The van der Waals surface area contributed by atoms with Crippen molar-refractivity contribution < 1.29 is 14.7 Å². The van der Waals surface area contributed by atoms with Gasteiger partial charge in [-0.05, 0) is 48.1 Å². The van der Waals surface area contributed by atoms with E-state index < -0.39 is 11.5 Å². The molecule has 0 saturated carbocycles. The minimum Gasteiger partial charge on any atom is -0.465 e. The highest BCUT2D eigenvalue weighted by Crippen LogP contribution is 2.38. The second-order valence-electron chi connectivity index (χ2n) is 7.24. The first kappa shape index (κ1) is 18.0. The van der Waals surface area contributed by atoms with E-state index in [0.29, 0.717) is 25.8 Å². The number of carbonyl (C=O) groups excluding carboxylic acids is 1. The molecule has 0 saturated heterocycles. The van der Waals surface area contributed by atoms with Crippen LogP contribution in [0.5, 0.6) is 0 Å². The van der Waals surface area contributed by atoms with E-state index in [1.165, 1.54) is 4.90 Å². The van der Waals surface area contributed by atoms with Gasteiger partial charge in [-0.1, -0.05) is 43.3 Å². The van der Waals surface area contributed by atoms with Gasteiger partial charge in [-0.15, -0.1) is 0 Å². The molecule has 1 aliphatic heterocycles. The fourth-order valence-electron chi connectivity index (χ4n) is 3.45. The van der Waals surface area contributed by atoms with Gasteiger partial charge in [-0.3, -0.25) is 4.79 Å². The predicted octanol–water partition coefficient (Wildman–Crippen LogP) is 4.24. The van der Waals surface area contributed by atoms with Gasteiger partial charge in [-0.2, -0.15) is 0 Å². The van der Waals surface area contributed by atoms with Crippen LogP contribution >= 0.6 is 0 Å². The first-order valence-corrected chi connectivity index (χ1v) is 8.83. The summed E-state index contributed by atoms with van der Waals surface area (Å²) in [6.07, 6.45) is 1.01. The number of hydrogen-bond donors (Lipinski definition) is 2. The number of carbonyl (C=O) groups is 2. The van der Waals surface area contributed by atoms with Crippen LogP contribution in [-0.4, -0.2) is 35.6 Å². The van der Waals surface area contributed by atoms with Crippen molar-refractivity contribution in [2.24, 2.45) is 5.41 Å². The van der Waals surface area contributed by atoms with Gasteiger partial charge in [-0.25, -0.2) is 4.79 Å². The third-order valence-electron chi connectivity index (χ3n) is 5.14. The maximum atomic E-state index is 12.6. The first-order valence-electron chi connectivity index (χ1n) is 8.83. The summed E-state index contributed by atoms with van der Waals surface area (Å²) < 4.78 is 0. The van der Waals surface area contributed by atoms with E-state index in [1.807, 2.05) is 37.3 Å². The van der Waals surface area contributed by atoms with Crippen LogP contribution in [0.2, 0.25) is 0 Å². The molecule has 0 bridgehead atoms. The molecule has 136 valence electrons. The zero-order valence-electron chi connectivity index (χ0n) is 15.2. The average Bonchev–Trinajstić information content (AvgIpc) is 2.63. The Hall–Kier alpha value is -2.82. The molecular formula is C21H24N2O3. The second kappa shape index (κ2) is 7.20. The van der Waals surface area contributed by atoms with Crippen LogP contribution in [0.15, 0.2) is 48.5 Å². The van der Waals surface area contributed by atoms with Crippen molar-refractivity contribution in [3.8, 4) is 11.1 Å². The molecule has 5 heteroatoms. The third-order valence-corrected chi connectivity index (χ3v) is 5.14. The monoisotopic (exact) mass is 352 g/mol. The average molecular weight is 352 g/mol. The molecule has 5 nitrogen and oxygen atoms in total. The summed E-state index contributed by atoms with van der Waals surface area (Å²) >= 11 is 0. The lowest BCUT2D eigenvalue weighted by atomic mass is 9.75. The molecule has 1 aliphatic rings. The van der Waals surface area contributed by atoms with Crippen molar-refractivity contribution in [2.75, 3.05) is 18.9 Å². The Morgan fingerprint density at radius 1 is 1.19 bits per heavy atom. The van der Waals surface area contributed by atoms with Gasteiger partial charge in [0.1, 0.15) is 0 Å². The van der Waals surface area contributed by atoms with Crippen molar-refractivity contribution in [1.29, 1.82) is 0 Å². The molecule has 1 atom stereocenters. The fourth-order valence-corrected chi connectivity index (χ4v) is 3.45. The number of fused-ring (bicyclic) bond motifs is 1. The van der Waals surface area contributed by atoms with Crippen molar-refractivity contribution in [3.05, 3.63) is 54.1 Å². The summed E-state index contributed by atoms with van der Waals surface area (Å²) in [7, 11) is 1.55. The maximum absolute atomic E-state index is 12.6. The molecular weight excluding hydrogens is 328 g/mol. The molecule has 26 heavy (non-hydrogen) atoms. The number of nitrogens with zero attached hydrogens (tertiary/aromatic N) is 1. The summed E-state index contributed by atoms with van der Waals surface area (Å²) in [6, 6.07) is 16.3. The van der Waals surface area contributed by atoms with Crippen LogP contribution < -0.4 is 5.32 Å². The Bertz CT molecular complexity index is 819. The molecule has 2 N–H and O–H groups in total. The van der Waals surface area contributed by atoms with Gasteiger partial charge in [0.2, 0.25) is 5.91 Å². The van der Waals surface area contributed by atoms with E-state index >= 15 is 0 Å². The Morgan fingerprint density at radius 2 is 1.92 bits per heavy atom. The second-order valence-corrected chi connectivity index (χ2v) is 7.24. The normalized spacial score (nSPS) is 18.8. The SMILES string of the molecule is CN(CCCC1(C)Cc2cc(-c3ccccc3)ccc2NC1=O)C(=O)O. The standard InChI is InChI=1S/C21H24N2O3/c1-21(11-6-12-23(2)20(25)26)14-17-13-16(15-7-4-3-5-8-15)9-10-18(17)22-19(21)24/h3-5,7-10,13H,6,11-12,14H2,1-2H3,(H,22,24)(H,25,26). The van der Waals surface area contributed by atoms with Crippen molar-refractivity contribution in [3.63, 3.8) is 0 Å². The number of amides is 2. The lowest BCUT2D eigenvalue weighted by Gasteiger charge is -2.34. The van der Waals surface area contributed by atoms with Gasteiger partial charge >= 0.3 is 6.09 Å². The van der Waals surface area contributed by atoms with E-state index in [0.717, 1.165) is 22.4 Å². The van der Waals surface area contributed by atoms with Gasteiger partial charge in [0.15, 0.2) is 0 Å². The lowest BCUT2D eigenvalue weighted by molar-refractivity contribution is -0.125. The minimum atomic E-state index is -0.943. The van der Waals surface area contributed by atoms with Crippen LogP contribution in [0.1, 0.15) is 25.3 Å². The summed E-state index contributed by atoms with van der Waals surface area (Å²) in [5.74, 6) is 0.00967. The molecule has 2 aromatic carbocycles. The van der Waals surface area contributed by atoms with Crippen LogP contribution in [-0.2, 0) is 11.2 Å². The molecule has 0 radical (unpaired) electrons. The van der Waals surface area contributed by atoms with Gasteiger partial charge in [0, 0.05) is 19.3 Å². The highest BCUT2D eigenvalue weighted by atomic mass is 16.4. The van der Waals surface area contributed by atoms with Crippen molar-refractivity contribution in [2.45, 2.75) is 26.2 Å². The molecule has 0 aliphatic carbocycles. The Morgan fingerprint density at radius 3 is 2.62 bits per heavy atom. The van der Waals surface area contributed by atoms with E-state index in [4.69, 9.17) is 5.11 Å². The molecule has 2 amide bonds. The Kier molecular flexibility index (Phi) is 4.98. The molecule has 3 rings (SSSR count). The Balaban J connectivity index is 1.77. The summed E-state index contributed by atoms with van der Waals surface area (Å²) in [5, 5.41) is 12.0. The topological polar surface area (TPSA) is 69.6 Å². The van der Waals surface area contributed by atoms with Crippen molar-refractivity contribution in [1.82, 2.24) is 4.90 Å². The molecule has 2 aromatic rings. The lowest BCUT2D eigenvalue weighted by Crippen LogP contribution is -2.40. The van der Waals surface area contributed by atoms with Crippen LogP contribution in [0.3, 0.4) is 0 Å². The third kappa shape index (κ3) is 3.72. The number of hydrogen-bond acceptors (Lipinski definition) is 2. The summed E-state index contributed by atoms with van der Waals surface area (Å²) in [4.78, 5) is 24.8. The molecule has 0 spiro atoms. The first-order chi connectivity index (χ1) is 12.4. The Labute approximate surface area is 153 Å². The molecule has 1 unspecified atom stereocenters. The zero-order chi connectivity index (χ0) is 18.7. The predicted molar refractivity (Wildman–Crippen MR) is 102 cm³/mol. The molecule has 0 aromatic heterocycles. The van der Waals surface area contributed by atoms with E-state index in [-0.39, 0.29) is 5.91 Å². The van der Waals surface area contributed by atoms with Crippen LogP contribution in [0.4, 0.5) is 10.5 Å². The maximum Gasteiger partial charge on any atom is 0.407 e. The van der Waals surface area contributed by atoms with E-state index in [1.54, 1.807) is 7.05 Å². The highest BCUT2D eigenvalue weighted by Gasteiger charge is 2.37. The largest absolute Gasteiger partial charge is 0.465 e. The molecule has 1 heterocycles. The van der Waals surface area contributed by atoms with E-state index in [2.05, 4.69) is 23.5 Å². The minimum absolute atomic E-state index is 0.00967. The molecule has 0 fully saturated rings. The number of anilines is 1. The number of carboxylic acid groups (broad SMARTS) is 1. The van der Waals surface area contributed by atoms with Gasteiger partial charge < -0.3 is 15.3 Å². The van der Waals surface area contributed by atoms with E-state index in [9.17, 15) is 9.59 Å². The summed E-state index contributed by atoms with van der Waals surface area (Å²) in [6.45, 7) is 2.39. The highest BCUT2D eigenvalue weighted by molar-refractivity contribution is 5.98. The zero-order valence-corrected chi connectivity index (χ0v) is 15.2.